The van der Waals surface area contributed by atoms with Crippen LogP contribution in [0.3, 0.4) is 0 Å². The van der Waals surface area contributed by atoms with Crippen molar-refractivity contribution in [3.8, 4) is 22.3 Å². The molecule has 0 amide bonds. The first kappa shape index (κ1) is 41.8. The lowest BCUT2D eigenvalue weighted by Crippen LogP contribution is -2.11. The third-order valence-electron chi connectivity index (χ3n) is 14.8. The lowest BCUT2D eigenvalue weighted by molar-refractivity contribution is 0.591. The molecule has 0 aliphatic heterocycles. The number of hydrogen-bond acceptors (Lipinski definition) is 3. The largest absolute Gasteiger partial charge is 0.456 e. The lowest BCUT2D eigenvalue weighted by atomic mass is 9.86. The van der Waals surface area contributed by atoms with Gasteiger partial charge in [0, 0.05) is 66.8 Å². The van der Waals surface area contributed by atoms with E-state index in [4.69, 9.17) is 4.42 Å². The zero-order chi connectivity index (χ0) is 48.1. The van der Waals surface area contributed by atoms with Crippen molar-refractivity contribution in [1.29, 1.82) is 0 Å². The van der Waals surface area contributed by atoms with Gasteiger partial charge in [0.2, 0.25) is 0 Å². The normalized spacial score (nSPS) is 12.1. The average molecular weight is 924 g/mol. The summed E-state index contributed by atoms with van der Waals surface area (Å²) >= 11 is 0. The van der Waals surface area contributed by atoms with Crippen LogP contribution in [-0.4, -0.2) is 4.40 Å². The molecule has 0 N–H and O–H groups in total. The maximum Gasteiger partial charge on any atom is 0.137 e. The molecule has 14 rings (SSSR count). The summed E-state index contributed by atoms with van der Waals surface area (Å²) in [6.07, 6.45) is 0. The molecule has 0 spiro atoms. The number of hydrogen-bond donors (Lipinski definition) is 0. The van der Waals surface area contributed by atoms with Crippen LogP contribution < -0.4 is 9.80 Å². The molecule has 0 atom stereocenters. The fraction of sp³-hybridized carbons (Fsp3) is 0.0588. The van der Waals surface area contributed by atoms with Gasteiger partial charge >= 0.3 is 0 Å². The molecule has 11 aromatic carbocycles. The van der Waals surface area contributed by atoms with Crippen LogP contribution in [0.1, 0.15) is 26.3 Å². The Morgan fingerprint density at radius 3 is 1.47 bits per heavy atom. The van der Waals surface area contributed by atoms with Crippen molar-refractivity contribution in [1.82, 2.24) is 4.40 Å². The highest BCUT2D eigenvalue weighted by Crippen LogP contribution is 2.49. The SMILES string of the molecule is CC(C)(C)c1ccc2c(c1)c1c(N(c3ccccc3)c3ccc(-c4ccccc4)cc3)ccc3c4cc5cc6c(cc5cc4n2c31)oc1cc(N(c2ccccc2)c2ccc(-c3ccccc3)cc2)ccc16. The van der Waals surface area contributed by atoms with Crippen LogP contribution in [0.2, 0.25) is 0 Å². The van der Waals surface area contributed by atoms with Crippen molar-refractivity contribution >= 4 is 105 Å². The van der Waals surface area contributed by atoms with Crippen molar-refractivity contribution < 1.29 is 4.42 Å². The molecule has 0 saturated heterocycles. The number of anilines is 6. The molecule has 3 heterocycles. The highest BCUT2D eigenvalue weighted by molar-refractivity contribution is 6.29. The first-order valence-corrected chi connectivity index (χ1v) is 24.9. The Bertz CT molecular complexity index is 4320. The molecular formula is C68H49N3O. The number of aromatic nitrogens is 1. The summed E-state index contributed by atoms with van der Waals surface area (Å²) in [5, 5.41) is 9.51. The predicted molar refractivity (Wildman–Crippen MR) is 305 cm³/mol. The molecule has 4 heteroatoms. The van der Waals surface area contributed by atoms with E-state index in [0.717, 1.165) is 61.4 Å². The van der Waals surface area contributed by atoms with Crippen LogP contribution >= 0.6 is 0 Å². The van der Waals surface area contributed by atoms with E-state index in [1.165, 1.54) is 71.3 Å². The van der Waals surface area contributed by atoms with Crippen molar-refractivity contribution in [3.63, 3.8) is 0 Å². The summed E-state index contributed by atoms with van der Waals surface area (Å²) in [6.45, 7) is 6.92. The van der Waals surface area contributed by atoms with Gasteiger partial charge in [-0.15, -0.1) is 0 Å². The number of nitrogens with zero attached hydrogens (tertiary/aromatic N) is 3. The monoisotopic (exact) mass is 923 g/mol. The molecule has 0 bridgehead atoms. The van der Waals surface area contributed by atoms with Gasteiger partial charge in [-0.25, -0.2) is 0 Å². The Morgan fingerprint density at radius 2 is 0.847 bits per heavy atom. The van der Waals surface area contributed by atoms with Gasteiger partial charge < -0.3 is 18.6 Å². The van der Waals surface area contributed by atoms with Gasteiger partial charge in [0.15, 0.2) is 0 Å². The molecule has 0 saturated carbocycles. The fourth-order valence-electron chi connectivity index (χ4n) is 11.2. The van der Waals surface area contributed by atoms with Crippen molar-refractivity contribution in [3.05, 3.63) is 248 Å². The van der Waals surface area contributed by atoms with Crippen LogP contribution in [0.25, 0.3) is 93.1 Å². The molecule has 0 fully saturated rings. The molecule has 342 valence electrons. The maximum atomic E-state index is 6.86. The van der Waals surface area contributed by atoms with Crippen LogP contribution in [0, 0.1) is 0 Å². The van der Waals surface area contributed by atoms with E-state index in [1.54, 1.807) is 0 Å². The Labute approximate surface area is 418 Å². The Hall–Kier alpha value is -9.12. The quantitative estimate of drug-likeness (QED) is 0.152. The third kappa shape index (κ3) is 6.75. The predicted octanol–water partition coefficient (Wildman–Crippen LogP) is 19.5. The Kier molecular flexibility index (Phi) is 9.43. The second-order valence-corrected chi connectivity index (χ2v) is 20.2. The van der Waals surface area contributed by atoms with E-state index in [9.17, 15) is 0 Å². The van der Waals surface area contributed by atoms with Crippen molar-refractivity contribution in [2.45, 2.75) is 26.2 Å². The van der Waals surface area contributed by atoms with Crippen LogP contribution in [0.15, 0.2) is 247 Å². The molecule has 0 aliphatic carbocycles. The number of fused-ring (bicyclic) bond motifs is 10. The van der Waals surface area contributed by atoms with Crippen molar-refractivity contribution in [2.75, 3.05) is 9.80 Å². The van der Waals surface area contributed by atoms with Gasteiger partial charge in [-0.2, -0.15) is 0 Å². The highest BCUT2D eigenvalue weighted by Gasteiger charge is 2.26. The van der Waals surface area contributed by atoms with Gasteiger partial charge in [-0.1, -0.05) is 154 Å². The summed E-state index contributed by atoms with van der Waals surface area (Å²) in [7, 11) is 0. The van der Waals surface area contributed by atoms with Crippen LogP contribution in [-0.2, 0) is 5.41 Å². The standard InChI is InChI=1S/C68H49N3O/c1-68(2,3)50-28-36-61-60(42-50)66-62(70(52-22-14-7-15-23-52)54-31-26-47(27-32-54)45-18-10-5-11-19-45)37-35-57-58-38-48-39-59-56-34-33-55(43-65(56)72-64(59)41-49(48)40-63(58)71(61)67(57)66)69(51-20-12-6-13-21-51)53-29-24-46(25-30-53)44-16-8-4-9-17-44/h4-43H,1-3H3. The van der Waals surface area contributed by atoms with Gasteiger partial charge in [0.05, 0.1) is 22.2 Å². The lowest BCUT2D eigenvalue weighted by Gasteiger charge is -2.27. The highest BCUT2D eigenvalue weighted by atomic mass is 16.3. The Morgan fingerprint density at radius 1 is 0.347 bits per heavy atom. The molecule has 0 aliphatic rings. The second-order valence-electron chi connectivity index (χ2n) is 20.2. The number of rotatable bonds is 8. The summed E-state index contributed by atoms with van der Waals surface area (Å²) in [5.74, 6) is 0. The molecule has 3 aromatic heterocycles. The summed E-state index contributed by atoms with van der Waals surface area (Å²) in [6, 6.07) is 88.2. The number of furan rings is 1. The molecule has 0 radical (unpaired) electrons. The number of para-hydroxylation sites is 2. The zero-order valence-electron chi connectivity index (χ0n) is 40.3. The molecule has 14 aromatic rings. The van der Waals surface area contributed by atoms with Gasteiger partial charge in [-0.3, -0.25) is 0 Å². The van der Waals surface area contributed by atoms with E-state index in [-0.39, 0.29) is 5.41 Å². The van der Waals surface area contributed by atoms with Crippen LogP contribution in [0.5, 0.6) is 0 Å². The molecular weight excluding hydrogens is 875 g/mol. The fourth-order valence-corrected chi connectivity index (χ4v) is 11.2. The van der Waals surface area contributed by atoms with E-state index in [0.29, 0.717) is 0 Å². The van der Waals surface area contributed by atoms with E-state index in [2.05, 4.69) is 278 Å². The minimum absolute atomic E-state index is 0.0301. The third-order valence-corrected chi connectivity index (χ3v) is 14.8. The van der Waals surface area contributed by atoms with E-state index < -0.39 is 0 Å². The van der Waals surface area contributed by atoms with E-state index >= 15 is 0 Å². The van der Waals surface area contributed by atoms with Gasteiger partial charge in [-0.05, 0) is 147 Å². The Balaban J connectivity index is 0.935. The summed E-state index contributed by atoms with van der Waals surface area (Å²) < 4.78 is 9.38. The first-order chi connectivity index (χ1) is 35.3. The topological polar surface area (TPSA) is 24.0 Å². The van der Waals surface area contributed by atoms with Gasteiger partial charge in [0.1, 0.15) is 11.2 Å². The molecule has 0 unspecified atom stereocenters. The van der Waals surface area contributed by atoms with Crippen molar-refractivity contribution in [2.24, 2.45) is 0 Å². The second kappa shape index (κ2) is 16.2. The van der Waals surface area contributed by atoms with Gasteiger partial charge in [0.25, 0.3) is 0 Å². The average Bonchev–Trinajstić information content (AvgIpc) is 4.07. The minimum atomic E-state index is -0.0301. The minimum Gasteiger partial charge on any atom is -0.456 e. The summed E-state index contributed by atoms with van der Waals surface area (Å²) in [4.78, 5) is 4.74. The molecule has 72 heavy (non-hydrogen) atoms. The maximum absolute atomic E-state index is 6.86. The first-order valence-electron chi connectivity index (χ1n) is 24.9. The molecule has 4 nitrogen and oxygen atoms in total. The van der Waals surface area contributed by atoms with E-state index in [1.807, 2.05) is 0 Å². The smallest absolute Gasteiger partial charge is 0.137 e. The zero-order valence-corrected chi connectivity index (χ0v) is 40.3. The number of benzene rings is 11. The van der Waals surface area contributed by atoms with Crippen LogP contribution in [0.4, 0.5) is 34.1 Å². The summed E-state index contributed by atoms with van der Waals surface area (Å²) in [5.41, 5.74) is 18.0.